The molecule has 6 heteroatoms. The number of phenols is 1. The van der Waals surface area contributed by atoms with Crippen LogP contribution >= 0.6 is 34.8 Å². The molecule has 29 heavy (non-hydrogen) atoms. The predicted octanol–water partition coefficient (Wildman–Crippen LogP) is 6.98. The zero-order valence-corrected chi connectivity index (χ0v) is 17.8. The Morgan fingerprint density at radius 1 is 0.966 bits per heavy atom. The van der Waals surface area contributed by atoms with Crippen molar-refractivity contribution in [2.45, 2.75) is 19.3 Å². The van der Waals surface area contributed by atoms with Gasteiger partial charge in [0.15, 0.2) is 0 Å². The fourth-order valence-electron chi connectivity index (χ4n) is 3.61. The van der Waals surface area contributed by atoms with Crippen LogP contribution in [0, 0.1) is 6.92 Å². The summed E-state index contributed by atoms with van der Waals surface area (Å²) < 4.78 is 0. The molecular weight excluding hydrogens is 427 g/mol. The van der Waals surface area contributed by atoms with Crippen molar-refractivity contribution >= 4 is 45.7 Å². The Kier molecular flexibility index (Phi) is 5.64. The van der Waals surface area contributed by atoms with Crippen LogP contribution in [0.1, 0.15) is 28.3 Å². The van der Waals surface area contributed by atoms with Crippen LogP contribution in [0.2, 0.25) is 15.1 Å². The van der Waals surface area contributed by atoms with Crippen molar-refractivity contribution in [3.63, 3.8) is 0 Å². The first-order valence-corrected chi connectivity index (χ1v) is 10.2. The highest BCUT2D eigenvalue weighted by atomic mass is 35.5. The van der Waals surface area contributed by atoms with E-state index in [9.17, 15) is 5.11 Å². The van der Waals surface area contributed by atoms with Crippen LogP contribution in [0.3, 0.4) is 0 Å². The molecule has 0 spiro atoms. The molecule has 0 aliphatic carbocycles. The standard InChI is InChI=1S/C23H17Cl3N2O/c1-13-10-15(24)12-28-20(13)11-17(21-18(25)5-2-6-19(21)26)16-8-7-14-4-3-9-27-22(14)23(16)29/h2-10,12,17,29H,11H2,1H3. The highest BCUT2D eigenvalue weighted by Gasteiger charge is 2.25. The quantitative estimate of drug-likeness (QED) is 0.370. The van der Waals surface area contributed by atoms with Gasteiger partial charge in [-0.1, -0.05) is 59.1 Å². The average Bonchev–Trinajstić information content (AvgIpc) is 2.69. The summed E-state index contributed by atoms with van der Waals surface area (Å²) in [5.74, 6) is -0.189. The van der Waals surface area contributed by atoms with Gasteiger partial charge in [-0.05, 0) is 42.3 Å². The molecule has 0 amide bonds. The van der Waals surface area contributed by atoms with E-state index in [1.165, 1.54) is 0 Å². The third-order valence-corrected chi connectivity index (χ3v) is 5.92. The van der Waals surface area contributed by atoms with Gasteiger partial charge in [-0.15, -0.1) is 0 Å². The average molecular weight is 444 g/mol. The molecule has 4 aromatic rings. The number of nitrogens with zero attached hydrogens (tertiary/aromatic N) is 2. The number of hydrogen-bond donors (Lipinski definition) is 1. The fraction of sp³-hybridized carbons (Fsp3) is 0.130. The zero-order chi connectivity index (χ0) is 20.5. The maximum Gasteiger partial charge on any atom is 0.145 e. The van der Waals surface area contributed by atoms with Crippen molar-refractivity contribution in [1.29, 1.82) is 0 Å². The summed E-state index contributed by atoms with van der Waals surface area (Å²) in [5, 5.41) is 13.6. The van der Waals surface area contributed by atoms with Crippen molar-refractivity contribution in [3.8, 4) is 5.75 Å². The molecule has 0 aliphatic heterocycles. The lowest BCUT2D eigenvalue weighted by atomic mass is 9.85. The van der Waals surface area contributed by atoms with Gasteiger partial charge in [-0.3, -0.25) is 9.97 Å². The maximum atomic E-state index is 11.1. The first kappa shape index (κ1) is 20.0. The van der Waals surface area contributed by atoms with Gasteiger partial charge in [0.05, 0.1) is 5.02 Å². The van der Waals surface area contributed by atoms with Gasteiger partial charge in [-0.25, -0.2) is 0 Å². The van der Waals surface area contributed by atoms with E-state index in [0.717, 1.165) is 22.2 Å². The van der Waals surface area contributed by atoms with E-state index in [4.69, 9.17) is 34.8 Å². The summed E-state index contributed by atoms with van der Waals surface area (Å²) in [7, 11) is 0. The predicted molar refractivity (Wildman–Crippen MR) is 119 cm³/mol. The van der Waals surface area contributed by atoms with Crippen molar-refractivity contribution in [2.24, 2.45) is 0 Å². The lowest BCUT2D eigenvalue weighted by molar-refractivity contribution is 0.469. The van der Waals surface area contributed by atoms with Crippen LogP contribution < -0.4 is 0 Å². The first-order chi connectivity index (χ1) is 14.0. The highest BCUT2D eigenvalue weighted by Crippen LogP contribution is 2.42. The lowest BCUT2D eigenvalue weighted by Crippen LogP contribution is -2.10. The molecule has 1 atom stereocenters. The summed E-state index contributed by atoms with van der Waals surface area (Å²) in [6, 6.07) is 14.9. The molecular formula is C23H17Cl3N2O. The van der Waals surface area contributed by atoms with E-state index in [1.54, 1.807) is 30.6 Å². The normalized spacial score (nSPS) is 12.3. The van der Waals surface area contributed by atoms with Crippen LogP contribution in [0.4, 0.5) is 0 Å². The Hall–Kier alpha value is -2.33. The number of aromatic hydroxyl groups is 1. The molecule has 0 radical (unpaired) electrons. The van der Waals surface area contributed by atoms with Gasteiger partial charge in [0.2, 0.25) is 0 Å². The van der Waals surface area contributed by atoms with E-state index in [-0.39, 0.29) is 11.7 Å². The SMILES string of the molecule is Cc1cc(Cl)cnc1CC(c1ccc2cccnc2c1O)c1c(Cl)cccc1Cl. The lowest BCUT2D eigenvalue weighted by Gasteiger charge is -2.22. The molecule has 0 aliphatic rings. The van der Waals surface area contributed by atoms with Gasteiger partial charge < -0.3 is 5.11 Å². The summed E-state index contributed by atoms with van der Waals surface area (Å²) in [5.41, 5.74) is 3.80. The van der Waals surface area contributed by atoms with Crippen molar-refractivity contribution in [1.82, 2.24) is 9.97 Å². The van der Waals surface area contributed by atoms with Gasteiger partial charge in [0.25, 0.3) is 0 Å². The van der Waals surface area contributed by atoms with Gasteiger partial charge >= 0.3 is 0 Å². The van der Waals surface area contributed by atoms with Crippen molar-refractivity contribution in [2.75, 3.05) is 0 Å². The minimum absolute atomic E-state index is 0.121. The number of aromatic nitrogens is 2. The number of pyridine rings is 2. The molecule has 2 aromatic carbocycles. The molecule has 1 unspecified atom stereocenters. The van der Waals surface area contributed by atoms with Crippen LogP contribution in [0.15, 0.2) is 60.9 Å². The van der Waals surface area contributed by atoms with E-state index < -0.39 is 0 Å². The van der Waals surface area contributed by atoms with Crippen LogP contribution in [-0.4, -0.2) is 15.1 Å². The van der Waals surface area contributed by atoms with Gasteiger partial charge in [-0.2, -0.15) is 0 Å². The number of halogens is 3. The number of hydrogen-bond acceptors (Lipinski definition) is 3. The third kappa shape index (κ3) is 3.91. The number of rotatable bonds is 4. The Labute approximate surface area is 183 Å². The maximum absolute atomic E-state index is 11.1. The largest absolute Gasteiger partial charge is 0.505 e. The molecule has 146 valence electrons. The van der Waals surface area contributed by atoms with Crippen molar-refractivity contribution in [3.05, 3.63) is 98.4 Å². The second-order valence-electron chi connectivity index (χ2n) is 6.89. The molecule has 0 saturated heterocycles. The number of benzene rings is 2. The molecule has 0 bridgehead atoms. The van der Waals surface area contributed by atoms with E-state index in [0.29, 0.717) is 32.6 Å². The molecule has 0 fully saturated rings. The smallest absolute Gasteiger partial charge is 0.145 e. The summed E-state index contributed by atoms with van der Waals surface area (Å²) in [4.78, 5) is 8.85. The minimum atomic E-state index is -0.310. The first-order valence-electron chi connectivity index (χ1n) is 9.07. The van der Waals surface area contributed by atoms with Gasteiger partial charge in [0.1, 0.15) is 11.3 Å². The minimum Gasteiger partial charge on any atom is -0.505 e. The van der Waals surface area contributed by atoms with Crippen LogP contribution in [0.5, 0.6) is 5.75 Å². The summed E-state index contributed by atoms with van der Waals surface area (Å²) >= 11 is 19.2. The second kappa shape index (κ2) is 8.19. The van der Waals surface area contributed by atoms with Crippen molar-refractivity contribution < 1.29 is 5.11 Å². The molecule has 4 rings (SSSR count). The molecule has 3 nitrogen and oxygen atoms in total. The molecule has 1 N–H and O–H groups in total. The monoisotopic (exact) mass is 442 g/mol. The number of fused-ring (bicyclic) bond motifs is 1. The topological polar surface area (TPSA) is 46.0 Å². The molecule has 2 aromatic heterocycles. The van der Waals surface area contributed by atoms with E-state index in [2.05, 4.69) is 9.97 Å². The Bertz CT molecular complexity index is 1190. The van der Waals surface area contributed by atoms with Crippen LogP contribution in [0.25, 0.3) is 10.9 Å². The van der Waals surface area contributed by atoms with Gasteiger partial charge in [0, 0.05) is 51.4 Å². The molecule has 0 saturated carbocycles. The Balaban J connectivity index is 1.92. The molecule has 2 heterocycles. The number of phenolic OH excluding ortho intramolecular Hbond substituents is 1. The Morgan fingerprint density at radius 3 is 2.45 bits per heavy atom. The van der Waals surface area contributed by atoms with E-state index >= 15 is 0 Å². The van der Waals surface area contributed by atoms with Crippen LogP contribution in [-0.2, 0) is 6.42 Å². The highest BCUT2D eigenvalue weighted by molar-refractivity contribution is 6.36. The Morgan fingerprint density at radius 2 is 1.72 bits per heavy atom. The third-order valence-electron chi connectivity index (χ3n) is 5.05. The van der Waals surface area contributed by atoms with E-state index in [1.807, 2.05) is 37.3 Å². The zero-order valence-electron chi connectivity index (χ0n) is 15.5. The fourth-order valence-corrected chi connectivity index (χ4v) is 4.49. The summed E-state index contributed by atoms with van der Waals surface area (Å²) in [6.07, 6.45) is 3.78. The number of aryl methyl sites for hydroxylation is 1. The second-order valence-corrected chi connectivity index (χ2v) is 8.14. The summed E-state index contributed by atoms with van der Waals surface area (Å²) in [6.45, 7) is 1.96.